The van der Waals surface area contributed by atoms with Gasteiger partial charge in [0.25, 0.3) is 0 Å². The first-order valence-electron chi connectivity index (χ1n) is 8.52. The number of likely N-dealkylation sites (tertiary alicyclic amines) is 1. The van der Waals surface area contributed by atoms with Crippen molar-refractivity contribution in [2.45, 2.75) is 32.4 Å². The quantitative estimate of drug-likeness (QED) is 0.853. The summed E-state index contributed by atoms with van der Waals surface area (Å²) >= 11 is 0. The molecule has 0 aliphatic carbocycles. The van der Waals surface area contributed by atoms with E-state index < -0.39 is 0 Å². The molecule has 1 aromatic carbocycles. The maximum atomic E-state index is 13.0. The summed E-state index contributed by atoms with van der Waals surface area (Å²) in [6.45, 7) is 6.68. The zero-order valence-electron chi connectivity index (χ0n) is 13.7. The number of amides is 1. The molecule has 4 nitrogen and oxygen atoms in total. The summed E-state index contributed by atoms with van der Waals surface area (Å²) in [6, 6.07) is 6.76. The molecule has 0 N–H and O–H groups in total. The van der Waals surface area contributed by atoms with Crippen LogP contribution in [-0.2, 0) is 16.1 Å². The molecule has 126 valence electrons. The fourth-order valence-corrected chi connectivity index (χ4v) is 3.56. The van der Waals surface area contributed by atoms with E-state index in [4.69, 9.17) is 4.74 Å². The second kappa shape index (κ2) is 7.41. The van der Waals surface area contributed by atoms with Crippen LogP contribution in [0.25, 0.3) is 0 Å². The second-order valence-electron chi connectivity index (χ2n) is 6.52. The van der Waals surface area contributed by atoms with Gasteiger partial charge in [0, 0.05) is 19.6 Å². The summed E-state index contributed by atoms with van der Waals surface area (Å²) in [5.74, 6) is 0.455. The average Bonchev–Trinajstić information content (AvgIpc) is 2.58. The van der Waals surface area contributed by atoms with Crippen LogP contribution in [0, 0.1) is 11.7 Å². The lowest BCUT2D eigenvalue weighted by molar-refractivity contribution is -0.153. The minimum absolute atomic E-state index is 0.109. The highest BCUT2D eigenvalue weighted by Gasteiger charge is 2.33. The molecule has 1 atom stereocenters. The molecule has 2 heterocycles. The number of likely N-dealkylation sites (N-methyl/N-ethyl adjacent to an activating group) is 1. The first-order chi connectivity index (χ1) is 11.2. The third-order valence-electron chi connectivity index (χ3n) is 5.03. The minimum Gasteiger partial charge on any atom is -0.366 e. The maximum Gasteiger partial charge on any atom is 0.248 e. The highest BCUT2D eigenvalue weighted by Crippen LogP contribution is 2.26. The van der Waals surface area contributed by atoms with E-state index in [1.165, 1.54) is 12.1 Å². The smallest absolute Gasteiger partial charge is 0.248 e. The van der Waals surface area contributed by atoms with E-state index in [9.17, 15) is 9.18 Å². The Balaban J connectivity index is 1.48. The van der Waals surface area contributed by atoms with E-state index in [1.54, 1.807) is 0 Å². The van der Waals surface area contributed by atoms with Crippen LogP contribution in [0.5, 0.6) is 0 Å². The second-order valence-corrected chi connectivity index (χ2v) is 6.52. The van der Waals surface area contributed by atoms with E-state index in [0.29, 0.717) is 5.92 Å². The van der Waals surface area contributed by atoms with Gasteiger partial charge in [-0.15, -0.1) is 0 Å². The molecule has 1 amide bonds. The average molecular weight is 320 g/mol. The van der Waals surface area contributed by atoms with E-state index in [2.05, 4.69) is 4.90 Å². The topological polar surface area (TPSA) is 32.8 Å². The van der Waals surface area contributed by atoms with Crippen molar-refractivity contribution < 1.29 is 13.9 Å². The van der Waals surface area contributed by atoms with Gasteiger partial charge in [-0.2, -0.15) is 0 Å². The lowest BCUT2D eigenvalue weighted by Gasteiger charge is -2.40. The summed E-state index contributed by atoms with van der Waals surface area (Å²) in [5, 5.41) is 0. The normalized spacial score (nSPS) is 24.2. The van der Waals surface area contributed by atoms with Gasteiger partial charge >= 0.3 is 0 Å². The molecule has 23 heavy (non-hydrogen) atoms. The molecule has 3 rings (SSSR count). The molecular formula is C18H25FN2O2. The number of rotatable bonds is 4. The Morgan fingerprint density at radius 1 is 1.22 bits per heavy atom. The standard InChI is InChI=1S/C18H25FN2O2/c1-2-21-12-17(23-13-18(21)22)15-7-9-20(10-8-15)11-14-3-5-16(19)6-4-14/h3-6,15,17H,2,7-13H2,1H3. The molecule has 1 unspecified atom stereocenters. The molecule has 0 saturated carbocycles. The number of benzene rings is 1. The third kappa shape index (κ3) is 4.09. The zero-order chi connectivity index (χ0) is 16.2. The number of halogens is 1. The van der Waals surface area contributed by atoms with Crippen LogP contribution in [0.4, 0.5) is 4.39 Å². The Morgan fingerprint density at radius 3 is 2.57 bits per heavy atom. The lowest BCUT2D eigenvalue weighted by Crippen LogP contribution is -2.50. The van der Waals surface area contributed by atoms with Crippen molar-refractivity contribution in [2.75, 3.05) is 32.8 Å². The van der Waals surface area contributed by atoms with Gasteiger partial charge in [-0.05, 0) is 56.5 Å². The molecule has 1 aromatic rings. The largest absolute Gasteiger partial charge is 0.366 e. The molecule has 2 saturated heterocycles. The first-order valence-corrected chi connectivity index (χ1v) is 8.52. The Labute approximate surface area is 137 Å². The Bertz CT molecular complexity index is 526. The maximum absolute atomic E-state index is 13.0. The molecule has 0 aromatic heterocycles. The lowest BCUT2D eigenvalue weighted by atomic mass is 9.90. The van der Waals surface area contributed by atoms with Crippen LogP contribution in [0.1, 0.15) is 25.3 Å². The molecule has 0 radical (unpaired) electrons. The van der Waals surface area contributed by atoms with Gasteiger partial charge in [0.05, 0.1) is 6.10 Å². The van der Waals surface area contributed by atoms with Gasteiger partial charge in [0.15, 0.2) is 0 Å². The summed E-state index contributed by atoms with van der Waals surface area (Å²) in [7, 11) is 0. The number of ether oxygens (including phenoxy) is 1. The Hall–Kier alpha value is -1.46. The van der Waals surface area contributed by atoms with Crippen LogP contribution in [0.2, 0.25) is 0 Å². The van der Waals surface area contributed by atoms with Crippen LogP contribution in [0.15, 0.2) is 24.3 Å². The van der Waals surface area contributed by atoms with Crippen LogP contribution < -0.4 is 0 Å². The molecule has 5 heteroatoms. The number of nitrogens with zero attached hydrogens (tertiary/aromatic N) is 2. The van der Waals surface area contributed by atoms with Crippen LogP contribution >= 0.6 is 0 Å². The van der Waals surface area contributed by atoms with Crippen molar-refractivity contribution in [3.63, 3.8) is 0 Å². The number of carbonyl (C=O) groups excluding carboxylic acids is 1. The summed E-state index contributed by atoms with van der Waals surface area (Å²) < 4.78 is 18.7. The molecule has 2 fully saturated rings. The Morgan fingerprint density at radius 2 is 1.91 bits per heavy atom. The van der Waals surface area contributed by atoms with Gasteiger partial charge in [0.1, 0.15) is 12.4 Å². The van der Waals surface area contributed by atoms with Gasteiger partial charge in [-0.1, -0.05) is 12.1 Å². The fraction of sp³-hybridized carbons (Fsp3) is 0.611. The number of hydrogen-bond donors (Lipinski definition) is 0. The third-order valence-corrected chi connectivity index (χ3v) is 5.03. The molecule has 2 aliphatic rings. The summed E-state index contributed by atoms with van der Waals surface area (Å²) in [6.07, 6.45) is 2.37. The van der Waals surface area contributed by atoms with Crippen LogP contribution in [-0.4, -0.2) is 54.6 Å². The van der Waals surface area contributed by atoms with Crippen molar-refractivity contribution in [1.29, 1.82) is 0 Å². The number of piperidine rings is 1. The minimum atomic E-state index is -0.183. The summed E-state index contributed by atoms with van der Waals surface area (Å²) in [4.78, 5) is 16.0. The highest BCUT2D eigenvalue weighted by atomic mass is 19.1. The van der Waals surface area contributed by atoms with Gasteiger partial charge in [-0.25, -0.2) is 4.39 Å². The predicted octanol–water partition coefficient (Wildman–Crippen LogP) is 2.29. The Kier molecular flexibility index (Phi) is 5.28. The molecule has 2 aliphatic heterocycles. The van der Waals surface area contributed by atoms with E-state index in [1.807, 2.05) is 24.0 Å². The van der Waals surface area contributed by atoms with Crippen molar-refractivity contribution in [1.82, 2.24) is 9.80 Å². The number of morpholine rings is 1. The van der Waals surface area contributed by atoms with Gasteiger partial charge < -0.3 is 9.64 Å². The van der Waals surface area contributed by atoms with E-state index in [-0.39, 0.29) is 24.4 Å². The fourth-order valence-electron chi connectivity index (χ4n) is 3.56. The first kappa shape index (κ1) is 16.4. The van der Waals surface area contributed by atoms with Crippen LogP contribution in [0.3, 0.4) is 0 Å². The molecular weight excluding hydrogens is 295 g/mol. The van der Waals surface area contributed by atoms with Crippen molar-refractivity contribution in [3.8, 4) is 0 Å². The monoisotopic (exact) mass is 320 g/mol. The molecule has 0 bridgehead atoms. The zero-order valence-corrected chi connectivity index (χ0v) is 13.7. The SMILES string of the molecule is CCN1CC(C2CCN(Cc3ccc(F)cc3)CC2)OCC1=O. The van der Waals surface area contributed by atoms with Crippen molar-refractivity contribution in [2.24, 2.45) is 5.92 Å². The number of hydrogen-bond acceptors (Lipinski definition) is 3. The van der Waals surface area contributed by atoms with E-state index in [0.717, 1.165) is 51.1 Å². The highest BCUT2D eigenvalue weighted by molar-refractivity contribution is 5.78. The van der Waals surface area contributed by atoms with Crippen molar-refractivity contribution >= 4 is 5.91 Å². The van der Waals surface area contributed by atoms with Gasteiger partial charge in [-0.3, -0.25) is 9.69 Å². The summed E-state index contributed by atoms with van der Waals surface area (Å²) in [5.41, 5.74) is 1.15. The number of carbonyl (C=O) groups is 1. The van der Waals surface area contributed by atoms with E-state index >= 15 is 0 Å². The van der Waals surface area contributed by atoms with Crippen molar-refractivity contribution in [3.05, 3.63) is 35.6 Å². The predicted molar refractivity (Wildman–Crippen MR) is 86.4 cm³/mol. The molecule has 0 spiro atoms. The van der Waals surface area contributed by atoms with Gasteiger partial charge in [0.2, 0.25) is 5.91 Å².